The average molecular weight is 431 g/mol. The van der Waals surface area contributed by atoms with Crippen molar-refractivity contribution in [1.82, 2.24) is 9.80 Å². The Labute approximate surface area is 182 Å². The molecule has 0 N–H and O–H groups in total. The van der Waals surface area contributed by atoms with Crippen LogP contribution in [0.3, 0.4) is 0 Å². The number of halogens is 1. The van der Waals surface area contributed by atoms with E-state index in [1.165, 1.54) is 17.0 Å². The summed E-state index contributed by atoms with van der Waals surface area (Å²) in [6.07, 6.45) is 2.36. The molecular weight excluding hydrogens is 399 g/mol. The molecule has 1 aromatic carbocycles. The van der Waals surface area contributed by atoms with Crippen molar-refractivity contribution in [3.63, 3.8) is 0 Å². The first kappa shape index (κ1) is 22.5. The number of aryl methyl sites for hydroxylation is 1. The molecular formula is C24H31FN2O2S. The van der Waals surface area contributed by atoms with Gasteiger partial charge in [-0.3, -0.25) is 9.59 Å². The molecule has 1 aliphatic carbocycles. The van der Waals surface area contributed by atoms with Crippen LogP contribution in [0.2, 0.25) is 0 Å². The minimum atomic E-state index is -0.293. The van der Waals surface area contributed by atoms with Gasteiger partial charge in [0.05, 0.1) is 6.54 Å². The number of amides is 2. The second-order valence-corrected chi connectivity index (χ2v) is 10.8. The molecule has 0 aliphatic heterocycles. The number of rotatable bonds is 8. The monoisotopic (exact) mass is 430 g/mol. The topological polar surface area (TPSA) is 40.6 Å². The van der Waals surface area contributed by atoms with Gasteiger partial charge in [-0.15, -0.1) is 11.3 Å². The molecule has 0 atom stereocenters. The van der Waals surface area contributed by atoms with Crippen LogP contribution in [0.4, 0.5) is 4.39 Å². The fourth-order valence-corrected chi connectivity index (χ4v) is 4.31. The highest BCUT2D eigenvalue weighted by molar-refractivity contribution is 7.11. The molecule has 4 nitrogen and oxygen atoms in total. The Hall–Kier alpha value is -2.21. The molecule has 30 heavy (non-hydrogen) atoms. The number of hydrogen-bond acceptors (Lipinski definition) is 3. The molecule has 2 aromatic rings. The lowest BCUT2D eigenvalue weighted by molar-refractivity contribution is -0.142. The lowest BCUT2D eigenvalue weighted by atomic mass is 9.91. The predicted molar refractivity (Wildman–Crippen MR) is 119 cm³/mol. The Morgan fingerprint density at radius 3 is 2.23 bits per heavy atom. The number of carbonyl (C=O) groups excluding carboxylic acids is 2. The van der Waals surface area contributed by atoms with Gasteiger partial charge >= 0.3 is 0 Å². The molecule has 1 aromatic heterocycles. The normalized spacial score (nSPS) is 13.9. The molecule has 1 heterocycles. The summed E-state index contributed by atoms with van der Waals surface area (Å²) < 4.78 is 13.3. The molecule has 1 saturated carbocycles. The van der Waals surface area contributed by atoms with Gasteiger partial charge in [-0.25, -0.2) is 4.39 Å². The van der Waals surface area contributed by atoms with Crippen molar-refractivity contribution in [3.05, 3.63) is 57.5 Å². The number of hydrogen-bond donors (Lipinski definition) is 0. The first-order valence-electron chi connectivity index (χ1n) is 10.5. The maximum absolute atomic E-state index is 13.3. The van der Waals surface area contributed by atoms with Gasteiger partial charge in [0.25, 0.3) is 0 Å². The van der Waals surface area contributed by atoms with Crippen LogP contribution in [0.25, 0.3) is 0 Å². The fourth-order valence-electron chi connectivity index (χ4n) is 3.41. The van der Waals surface area contributed by atoms with Crippen molar-refractivity contribution >= 4 is 23.2 Å². The van der Waals surface area contributed by atoms with E-state index >= 15 is 0 Å². The van der Waals surface area contributed by atoms with Crippen molar-refractivity contribution in [1.29, 1.82) is 0 Å². The average Bonchev–Trinajstić information content (AvgIpc) is 3.41. The second kappa shape index (κ2) is 9.29. The van der Waals surface area contributed by atoms with E-state index in [1.54, 1.807) is 33.3 Å². The highest BCUT2D eigenvalue weighted by Gasteiger charge is 2.36. The molecule has 6 heteroatoms. The molecule has 0 unspecified atom stereocenters. The summed E-state index contributed by atoms with van der Waals surface area (Å²) in [5.41, 5.74) is 0.757. The van der Waals surface area contributed by atoms with Crippen LogP contribution in [-0.4, -0.2) is 34.2 Å². The predicted octanol–water partition coefficient (Wildman–Crippen LogP) is 5.15. The SMILES string of the molecule is Cc1ccc(CN(Cc2ccc(F)cc2)C(=O)CN(C(=O)CC(C)(C)C)C2CC2)s1. The number of benzene rings is 1. The van der Waals surface area contributed by atoms with E-state index in [0.717, 1.165) is 23.3 Å². The van der Waals surface area contributed by atoms with Crippen molar-refractivity contribution in [2.45, 2.75) is 66.1 Å². The van der Waals surface area contributed by atoms with Gasteiger partial charge in [-0.05, 0) is 55.0 Å². The quantitative estimate of drug-likeness (QED) is 0.581. The zero-order chi connectivity index (χ0) is 21.9. The van der Waals surface area contributed by atoms with Gasteiger partial charge in [0.2, 0.25) is 11.8 Å². The van der Waals surface area contributed by atoms with Gasteiger partial charge in [0.15, 0.2) is 0 Å². The van der Waals surface area contributed by atoms with Crippen molar-refractivity contribution < 1.29 is 14.0 Å². The third-order valence-corrected chi connectivity index (χ3v) is 6.06. The van der Waals surface area contributed by atoms with E-state index in [-0.39, 0.29) is 35.6 Å². The third kappa shape index (κ3) is 6.66. The van der Waals surface area contributed by atoms with Crippen molar-refractivity contribution in [2.75, 3.05) is 6.54 Å². The van der Waals surface area contributed by atoms with Gasteiger partial charge in [0.1, 0.15) is 12.4 Å². The smallest absolute Gasteiger partial charge is 0.242 e. The Balaban J connectivity index is 1.75. The maximum Gasteiger partial charge on any atom is 0.242 e. The number of carbonyl (C=O) groups is 2. The lowest BCUT2D eigenvalue weighted by Gasteiger charge is -2.29. The van der Waals surface area contributed by atoms with E-state index in [2.05, 4.69) is 0 Å². The highest BCUT2D eigenvalue weighted by atomic mass is 32.1. The van der Waals surface area contributed by atoms with E-state index < -0.39 is 0 Å². The highest BCUT2D eigenvalue weighted by Crippen LogP contribution is 2.30. The third-order valence-electron chi connectivity index (χ3n) is 5.08. The summed E-state index contributed by atoms with van der Waals surface area (Å²) in [7, 11) is 0. The maximum atomic E-state index is 13.3. The fraction of sp³-hybridized carbons (Fsp3) is 0.500. The summed E-state index contributed by atoms with van der Waals surface area (Å²) in [6, 6.07) is 10.5. The van der Waals surface area contributed by atoms with Gasteiger partial charge in [-0.1, -0.05) is 32.9 Å². The Bertz CT molecular complexity index is 881. The van der Waals surface area contributed by atoms with E-state index in [0.29, 0.717) is 19.5 Å². The van der Waals surface area contributed by atoms with Crippen molar-refractivity contribution in [3.8, 4) is 0 Å². The summed E-state index contributed by atoms with van der Waals surface area (Å²) in [5, 5.41) is 0. The van der Waals surface area contributed by atoms with E-state index in [4.69, 9.17) is 0 Å². The number of thiophene rings is 1. The first-order chi connectivity index (χ1) is 14.1. The van der Waals surface area contributed by atoms with E-state index in [9.17, 15) is 14.0 Å². The van der Waals surface area contributed by atoms with E-state index in [1.807, 2.05) is 39.8 Å². The summed E-state index contributed by atoms with van der Waals surface area (Å²) in [4.78, 5) is 32.0. The molecule has 0 saturated heterocycles. The van der Waals surface area contributed by atoms with Crippen LogP contribution < -0.4 is 0 Å². The minimum Gasteiger partial charge on any atom is -0.332 e. The summed E-state index contributed by atoms with van der Waals surface area (Å²) in [5.74, 6) is -0.315. The molecule has 1 fully saturated rings. The molecule has 1 aliphatic rings. The molecule has 0 radical (unpaired) electrons. The van der Waals surface area contributed by atoms with Gasteiger partial charge < -0.3 is 9.80 Å². The van der Waals surface area contributed by atoms with Crippen LogP contribution in [0, 0.1) is 18.2 Å². The zero-order valence-corrected chi connectivity index (χ0v) is 19.1. The van der Waals surface area contributed by atoms with Gasteiger partial charge in [-0.2, -0.15) is 0 Å². The lowest BCUT2D eigenvalue weighted by Crippen LogP contribution is -2.44. The van der Waals surface area contributed by atoms with Crippen molar-refractivity contribution in [2.24, 2.45) is 5.41 Å². The molecule has 2 amide bonds. The van der Waals surface area contributed by atoms with Crippen LogP contribution >= 0.6 is 11.3 Å². The zero-order valence-electron chi connectivity index (χ0n) is 18.3. The molecule has 3 rings (SSSR count). The van der Waals surface area contributed by atoms with Crippen LogP contribution in [-0.2, 0) is 22.7 Å². The Morgan fingerprint density at radius 2 is 1.70 bits per heavy atom. The summed E-state index contributed by atoms with van der Waals surface area (Å²) in [6.45, 7) is 9.14. The Kier molecular flexibility index (Phi) is 6.96. The molecule has 0 bridgehead atoms. The van der Waals surface area contributed by atoms with Gasteiger partial charge in [0, 0.05) is 28.8 Å². The van der Waals surface area contributed by atoms with Crippen LogP contribution in [0.1, 0.15) is 55.4 Å². The summed E-state index contributed by atoms with van der Waals surface area (Å²) >= 11 is 1.66. The molecule has 162 valence electrons. The largest absolute Gasteiger partial charge is 0.332 e. The molecule has 0 spiro atoms. The van der Waals surface area contributed by atoms with Crippen LogP contribution in [0.5, 0.6) is 0 Å². The Morgan fingerprint density at radius 1 is 1.03 bits per heavy atom. The minimum absolute atomic E-state index is 0.0482. The number of nitrogens with zero attached hydrogens (tertiary/aromatic N) is 2. The first-order valence-corrected chi connectivity index (χ1v) is 11.3. The second-order valence-electron chi connectivity index (χ2n) is 9.38. The standard InChI is InChI=1S/C24H31FN2O2S/c1-17-5-12-21(30-17)15-26(14-18-6-8-19(25)9-7-18)23(29)16-27(20-10-11-20)22(28)13-24(2,3)4/h5-9,12,20H,10-11,13-16H2,1-4H3. The van der Waals surface area contributed by atoms with Crippen LogP contribution in [0.15, 0.2) is 36.4 Å².